The molecule has 184 valence electrons. The van der Waals surface area contributed by atoms with E-state index >= 15 is 0 Å². The Hall–Kier alpha value is -2.81. The van der Waals surface area contributed by atoms with Gasteiger partial charge in [0.15, 0.2) is 5.16 Å². The number of hydrogen-bond donors (Lipinski definition) is 0. The Kier molecular flexibility index (Phi) is 7.45. The number of ether oxygens (including phenoxy) is 1. The van der Waals surface area contributed by atoms with Gasteiger partial charge in [0.05, 0.1) is 0 Å². The summed E-state index contributed by atoms with van der Waals surface area (Å²) in [5, 5.41) is 0.643. The lowest BCUT2D eigenvalue weighted by Crippen LogP contribution is -2.41. The molecular formula is C25H35N5O3S. The number of nitrogens with zero attached hydrogens (tertiary/aromatic N) is 5. The highest BCUT2D eigenvalue weighted by atomic mass is 32.2. The van der Waals surface area contributed by atoms with Crippen molar-refractivity contribution in [1.29, 1.82) is 0 Å². The molecule has 0 saturated heterocycles. The van der Waals surface area contributed by atoms with Gasteiger partial charge in [0.25, 0.3) is 5.91 Å². The summed E-state index contributed by atoms with van der Waals surface area (Å²) in [6.07, 6.45) is 3.18. The van der Waals surface area contributed by atoms with E-state index in [0.717, 1.165) is 11.3 Å². The number of carbonyl (C=O) groups excluding carboxylic acids is 2. The highest BCUT2D eigenvalue weighted by Gasteiger charge is 2.31. The molecule has 3 rings (SSSR count). The summed E-state index contributed by atoms with van der Waals surface area (Å²) in [6, 6.07) is 7.96. The van der Waals surface area contributed by atoms with Crippen LogP contribution in [0.1, 0.15) is 50.5 Å². The van der Waals surface area contributed by atoms with Crippen molar-refractivity contribution in [2.45, 2.75) is 50.8 Å². The summed E-state index contributed by atoms with van der Waals surface area (Å²) >= 11 is 1.45. The molecule has 0 bridgehead atoms. The number of likely N-dealkylation sites (N-methyl/N-ethyl adjacent to an activating group) is 2. The number of anilines is 2. The third kappa shape index (κ3) is 5.81. The minimum atomic E-state index is -0.549. The molecule has 0 atom stereocenters. The van der Waals surface area contributed by atoms with Gasteiger partial charge >= 0.3 is 6.09 Å². The van der Waals surface area contributed by atoms with Crippen molar-refractivity contribution in [3.8, 4) is 0 Å². The standard InChI is InChI=1S/C25H35N5O3S/c1-24(2,3)33-23(32)29(7)16-25(4,5)17-10-9-11-18(14-17)30-13-12-28(6)20-19(21(30)31)15-26-22(27-20)34-8/h9-11,14-15H,12-13,16H2,1-8H3. The summed E-state index contributed by atoms with van der Waals surface area (Å²) in [7, 11) is 3.69. The van der Waals surface area contributed by atoms with Crippen LogP contribution in [0, 0.1) is 0 Å². The molecule has 8 nitrogen and oxygen atoms in total. The first-order valence-corrected chi connectivity index (χ1v) is 12.5. The van der Waals surface area contributed by atoms with Crippen LogP contribution in [-0.4, -0.2) is 72.5 Å². The van der Waals surface area contributed by atoms with Crippen molar-refractivity contribution >= 4 is 35.3 Å². The molecule has 1 aliphatic heterocycles. The molecule has 0 aliphatic carbocycles. The Balaban J connectivity index is 1.86. The van der Waals surface area contributed by atoms with Crippen LogP contribution in [0.2, 0.25) is 0 Å². The molecule has 1 aliphatic rings. The first kappa shape index (κ1) is 25.8. The molecule has 2 amide bonds. The van der Waals surface area contributed by atoms with Crippen LogP contribution in [0.15, 0.2) is 35.6 Å². The zero-order valence-electron chi connectivity index (χ0n) is 21.4. The summed E-state index contributed by atoms with van der Waals surface area (Å²) in [5.74, 6) is 0.537. The average Bonchev–Trinajstić information content (AvgIpc) is 2.88. The second kappa shape index (κ2) is 9.82. The van der Waals surface area contributed by atoms with Crippen molar-refractivity contribution in [1.82, 2.24) is 14.9 Å². The number of hydrogen-bond acceptors (Lipinski definition) is 7. The van der Waals surface area contributed by atoms with Gasteiger partial charge < -0.3 is 19.4 Å². The Morgan fingerprint density at radius 1 is 1.21 bits per heavy atom. The van der Waals surface area contributed by atoms with E-state index in [1.165, 1.54) is 11.8 Å². The molecule has 1 aromatic carbocycles. The lowest BCUT2D eigenvalue weighted by atomic mass is 9.84. The number of thioether (sulfide) groups is 1. The van der Waals surface area contributed by atoms with E-state index in [-0.39, 0.29) is 17.4 Å². The molecule has 0 radical (unpaired) electrons. The van der Waals surface area contributed by atoms with Crippen molar-refractivity contribution in [3.05, 3.63) is 41.6 Å². The highest BCUT2D eigenvalue weighted by Crippen LogP contribution is 2.31. The van der Waals surface area contributed by atoms with E-state index in [2.05, 4.69) is 23.8 Å². The van der Waals surface area contributed by atoms with Crippen LogP contribution in [0.5, 0.6) is 0 Å². The zero-order valence-corrected chi connectivity index (χ0v) is 22.2. The smallest absolute Gasteiger partial charge is 0.410 e. The van der Waals surface area contributed by atoms with E-state index in [1.54, 1.807) is 23.0 Å². The maximum Gasteiger partial charge on any atom is 0.410 e. The van der Waals surface area contributed by atoms with E-state index in [0.29, 0.717) is 36.2 Å². The molecular weight excluding hydrogens is 450 g/mol. The topological polar surface area (TPSA) is 78.9 Å². The minimum Gasteiger partial charge on any atom is -0.444 e. The summed E-state index contributed by atoms with van der Waals surface area (Å²) in [6.45, 7) is 11.4. The first-order chi connectivity index (χ1) is 15.8. The van der Waals surface area contributed by atoms with Gasteiger partial charge in [0.2, 0.25) is 0 Å². The van der Waals surface area contributed by atoms with E-state index in [4.69, 9.17) is 4.74 Å². The third-order valence-corrected chi connectivity index (χ3v) is 6.26. The second-order valence-electron chi connectivity index (χ2n) is 10.2. The molecule has 9 heteroatoms. The maximum absolute atomic E-state index is 13.5. The number of aromatic nitrogens is 2. The predicted molar refractivity (Wildman–Crippen MR) is 137 cm³/mol. The molecule has 0 fully saturated rings. The van der Waals surface area contributed by atoms with Gasteiger partial charge in [-0.3, -0.25) is 4.79 Å². The van der Waals surface area contributed by atoms with Crippen LogP contribution in [0.25, 0.3) is 0 Å². The number of fused-ring (bicyclic) bond motifs is 1. The van der Waals surface area contributed by atoms with Gasteiger partial charge in [0.1, 0.15) is 17.0 Å². The van der Waals surface area contributed by atoms with Crippen molar-refractivity contribution in [3.63, 3.8) is 0 Å². The van der Waals surface area contributed by atoms with Crippen molar-refractivity contribution < 1.29 is 14.3 Å². The molecule has 0 saturated carbocycles. The van der Waals surface area contributed by atoms with E-state index in [9.17, 15) is 9.59 Å². The molecule has 2 aromatic rings. The molecule has 0 unspecified atom stereocenters. The molecule has 34 heavy (non-hydrogen) atoms. The molecule has 2 heterocycles. The Morgan fingerprint density at radius 2 is 1.91 bits per heavy atom. The zero-order chi connectivity index (χ0) is 25.3. The maximum atomic E-state index is 13.5. The summed E-state index contributed by atoms with van der Waals surface area (Å²) in [4.78, 5) is 40.2. The van der Waals surface area contributed by atoms with Gasteiger partial charge in [-0.2, -0.15) is 0 Å². The van der Waals surface area contributed by atoms with Gasteiger partial charge in [-0.05, 0) is 44.7 Å². The Labute approximate surface area is 206 Å². The molecule has 1 aromatic heterocycles. The first-order valence-electron chi connectivity index (χ1n) is 11.3. The van der Waals surface area contributed by atoms with Crippen LogP contribution in [0.4, 0.5) is 16.3 Å². The highest BCUT2D eigenvalue weighted by molar-refractivity contribution is 7.98. The number of carbonyl (C=O) groups is 2. The molecule has 0 N–H and O–H groups in total. The molecule has 0 spiro atoms. The van der Waals surface area contributed by atoms with Crippen LogP contribution < -0.4 is 9.80 Å². The van der Waals surface area contributed by atoms with Crippen molar-refractivity contribution in [2.24, 2.45) is 0 Å². The van der Waals surface area contributed by atoms with Gasteiger partial charge in [-0.15, -0.1) is 0 Å². The normalized spacial score (nSPS) is 14.5. The van der Waals surface area contributed by atoms with Gasteiger partial charge in [-0.25, -0.2) is 14.8 Å². The van der Waals surface area contributed by atoms with E-state index in [1.807, 2.05) is 63.2 Å². The SMILES string of the molecule is CSc1ncc2c(n1)N(C)CCN(c1cccc(C(C)(C)CN(C)C(=O)OC(C)(C)C)c1)C2=O. The predicted octanol–water partition coefficient (Wildman–Crippen LogP) is 4.44. The lowest BCUT2D eigenvalue weighted by Gasteiger charge is -2.33. The van der Waals surface area contributed by atoms with Crippen LogP contribution >= 0.6 is 11.8 Å². The monoisotopic (exact) mass is 485 g/mol. The fourth-order valence-electron chi connectivity index (χ4n) is 3.93. The van der Waals surface area contributed by atoms with Crippen LogP contribution in [0.3, 0.4) is 0 Å². The number of amides is 2. The van der Waals surface area contributed by atoms with Gasteiger partial charge in [0, 0.05) is 51.0 Å². The minimum absolute atomic E-state index is 0.118. The fraction of sp³-hybridized carbons (Fsp3) is 0.520. The second-order valence-corrected chi connectivity index (χ2v) is 11.0. The van der Waals surface area contributed by atoms with Crippen LogP contribution in [-0.2, 0) is 10.2 Å². The number of benzene rings is 1. The fourth-order valence-corrected chi connectivity index (χ4v) is 4.27. The van der Waals surface area contributed by atoms with Gasteiger partial charge in [-0.1, -0.05) is 37.7 Å². The van der Waals surface area contributed by atoms with Crippen molar-refractivity contribution in [2.75, 3.05) is 49.8 Å². The average molecular weight is 486 g/mol. The quantitative estimate of drug-likeness (QED) is 0.458. The largest absolute Gasteiger partial charge is 0.444 e. The Morgan fingerprint density at radius 3 is 2.56 bits per heavy atom. The lowest BCUT2D eigenvalue weighted by molar-refractivity contribution is 0.0268. The third-order valence-electron chi connectivity index (χ3n) is 5.70. The Bertz CT molecular complexity index is 1070. The summed E-state index contributed by atoms with van der Waals surface area (Å²) < 4.78 is 5.50. The summed E-state index contributed by atoms with van der Waals surface area (Å²) in [5.41, 5.74) is 1.42. The van der Waals surface area contributed by atoms with E-state index < -0.39 is 5.60 Å². The number of rotatable bonds is 5.